The van der Waals surface area contributed by atoms with E-state index in [0.717, 1.165) is 16.9 Å². The van der Waals surface area contributed by atoms with Crippen molar-refractivity contribution in [2.45, 2.75) is 20.0 Å². The third-order valence-corrected chi connectivity index (χ3v) is 2.83. The Kier molecular flexibility index (Phi) is 4.17. The van der Waals surface area contributed by atoms with Crippen LogP contribution in [0.1, 0.15) is 11.3 Å². The molecule has 5 nitrogen and oxygen atoms in total. The van der Waals surface area contributed by atoms with E-state index in [0.29, 0.717) is 18.1 Å². The number of aryl methyl sites for hydroxylation is 1. The van der Waals surface area contributed by atoms with Gasteiger partial charge in [-0.1, -0.05) is 22.9 Å². The first-order chi connectivity index (χ1) is 8.69. The standard InChI is InChI=1S/C12H15ClN4O/c1-9-2-3-11(13)12(6-9)14-7-10-8-17(4-5-18)16-15-10/h2-3,6,8,14,18H,4-5,7H2,1H3. The first-order valence-corrected chi connectivity index (χ1v) is 6.07. The van der Waals surface area contributed by atoms with Gasteiger partial charge in [0.1, 0.15) is 5.69 Å². The van der Waals surface area contributed by atoms with Gasteiger partial charge in [-0.15, -0.1) is 5.10 Å². The van der Waals surface area contributed by atoms with Crippen LogP contribution in [0.5, 0.6) is 0 Å². The van der Waals surface area contributed by atoms with E-state index in [9.17, 15) is 0 Å². The summed E-state index contributed by atoms with van der Waals surface area (Å²) in [5.41, 5.74) is 2.83. The van der Waals surface area contributed by atoms with Gasteiger partial charge in [0.2, 0.25) is 0 Å². The van der Waals surface area contributed by atoms with Gasteiger partial charge in [0.25, 0.3) is 0 Å². The second-order valence-electron chi connectivity index (χ2n) is 4.03. The van der Waals surface area contributed by atoms with Crippen LogP contribution in [0.2, 0.25) is 5.02 Å². The average Bonchev–Trinajstić information content (AvgIpc) is 2.79. The number of anilines is 1. The Hall–Kier alpha value is -1.59. The Labute approximate surface area is 110 Å². The van der Waals surface area contributed by atoms with Crippen LogP contribution in [0.4, 0.5) is 5.69 Å². The normalized spacial score (nSPS) is 10.6. The molecule has 0 aliphatic heterocycles. The number of aromatic nitrogens is 3. The van der Waals surface area contributed by atoms with Crippen molar-refractivity contribution < 1.29 is 5.11 Å². The Morgan fingerprint density at radius 2 is 2.28 bits per heavy atom. The smallest absolute Gasteiger partial charge is 0.102 e. The van der Waals surface area contributed by atoms with E-state index >= 15 is 0 Å². The summed E-state index contributed by atoms with van der Waals surface area (Å²) >= 11 is 6.08. The lowest BCUT2D eigenvalue weighted by atomic mass is 10.2. The van der Waals surface area contributed by atoms with Crippen LogP contribution in [0.3, 0.4) is 0 Å². The molecule has 2 rings (SSSR count). The SMILES string of the molecule is Cc1ccc(Cl)c(NCc2cn(CCO)nn2)c1. The second kappa shape index (κ2) is 5.84. The van der Waals surface area contributed by atoms with Crippen molar-refractivity contribution in [3.63, 3.8) is 0 Å². The maximum atomic E-state index is 8.78. The highest BCUT2D eigenvalue weighted by Crippen LogP contribution is 2.22. The zero-order valence-corrected chi connectivity index (χ0v) is 10.9. The zero-order chi connectivity index (χ0) is 13.0. The number of hydrogen-bond acceptors (Lipinski definition) is 4. The number of benzene rings is 1. The van der Waals surface area contributed by atoms with Crippen LogP contribution in [-0.2, 0) is 13.1 Å². The molecule has 0 amide bonds. The van der Waals surface area contributed by atoms with E-state index in [-0.39, 0.29) is 6.61 Å². The van der Waals surface area contributed by atoms with Crippen LogP contribution >= 0.6 is 11.6 Å². The Balaban J connectivity index is 1.99. The topological polar surface area (TPSA) is 63.0 Å². The van der Waals surface area contributed by atoms with E-state index < -0.39 is 0 Å². The molecule has 0 saturated heterocycles. The fourth-order valence-corrected chi connectivity index (χ4v) is 1.78. The van der Waals surface area contributed by atoms with E-state index in [1.54, 1.807) is 10.9 Å². The third-order valence-electron chi connectivity index (χ3n) is 2.50. The summed E-state index contributed by atoms with van der Waals surface area (Å²) in [6, 6.07) is 5.81. The molecule has 2 aromatic rings. The molecule has 6 heteroatoms. The summed E-state index contributed by atoms with van der Waals surface area (Å²) in [6.07, 6.45) is 1.80. The molecular weight excluding hydrogens is 252 g/mol. The van der Waals surface area contributed by atoms with E-state index in [2.05, 4.69) is 15.6 Å². The molecule has 18 heavy (non-hydrogen) atoms. The Morgan fingerprint density at radius 1 is 1.44 bits per heavy atom. The van der Waals surface area contributed by atoms with Gasteiger partial charge in [-0.05, 0) is 24.6 Å². The van der Waals surface area contributed by atoms with Crippen LogP contribution < -0.4 is 5.32 Å². The van der Waals surface area contributed by atoms with Gasteiger partial charge < -0.3 is 10.4 Å². The highest BCUT2D eigenvalue weighted by atomic mass is 35.5. The molecule has 0 fully saturated rings. The molecule has 1 aromatic carbocycles. The molecule has 0 saturated carbocycles. The molecule has 0 spiro atoms. The monoisotopic (exact) mass is 266 g/mol. The number of hydrogen-bond donors (Lipinski definition) is 2. The van der Waals surface area contributed by atoms with Crippen molar-refractivity contribution >= 4 is 17.3 Å². The summed E-state index contributed by atoms with van der Waals surface area (Å²) < 4.78 is 1.61. The van der Waals surface area contributed by atoms with Crippen LogP contribution in [0.25, 0.3) is 0 Å². The second-order valence-corrected chi connectivity index (χ2v) is 4.44. The minimum atomic E-state index is 0.0555. The zero-order valence-electron chi connectivity index (χ0n) is 10.1. The van der Waals surface area contributed by atoms with E-state index in [4.69, 9.17) is 16.7 Å². The van der Waals surface area contributed by atoms with Crippen LogP contribution in [0.15, 0.2) is 24.4 Å². The fourth-order valence-electron chi connectivity index (χ4n) is 1.59. The molecule has 0 radical (unpaired) electrons. The van der Waals surface area contributed by atoms with Crippen LogP contribution in [0, 0.1) is 6.92 Å². The number of aliphatic hydroxyl groups is 1. The first-order valence-electron chi connectivity index (χ1n) is 5.69. The van der Waals surface area contributed by atoms with Gasteiger partial charge in [0.15, 0.2) is 0 Å². The molecule has 0 atom stereocenters. The molecule has 0 aliphatic carbocycles. The maximum absolute atomic E-state index is 8.78. The van der Waals surface area contributed by atoms with E-state index in [1.165, 1.54) is 0 Å². The number of halogens is 1. The van der Waals surface area contributed by atoms with Gasteiger partial charge >= 0.3 is 0 Å². The van der Waals surface area contributed by atoms with Gasteiger partial charge in [-0.2, -0.15) is 0 Å². The predicted octanol–water partition coefficient (Wildman–Crippen LogP) is 1.84. The van der Waals surface area contributed by atoms with Crippen molar-refractivity contribution in [2.24, 2.45) is 0 Å². The molecule has 0 bridgehead atoms. The quantitative estimate of drug-likeness (QED) is 0.867. The number of rotatable bonds is 5. The van der Waals surface area contributed by atoms with Crippen molar-refractivity contribution in [1.29, 1.82) is 0 Å². The minimum absolute atomic E-state index is 0.0555. The molecule has 96 valence electrons. The van der Waals surface area contributed by atoms with Crippen molar-refractivity contribution in [2.75, 3.05) is 11.9 Å². The lowest BCUT2D eigenvalue weighted by Gasteiger charge is -2.07. The van der Waals surface area contributed by atoms with Gasteiger partial charge in [-0.3, -0.25) is 0 Å². The van der Waals surface area contributed by atoms with Crippen LogP contribution in [-0.4, -0.2) is 26.7 Å². The molecule has 2 N–H and O–H groups in total. The lowest BCUT2D eigenvalue weighted by molar-refractivity contribution is 0.268. The summed E-state index contributed by atoms with van der Waals surface area (Å²) in [5.74, 6) is 0. The van der Waals surface area contributed by atoms with Crippen molar-refractivity contribution in [3.8, 4) is 0 Å². The molecule has 1 heterocycles. The fraction of sp³-hybridized carbons (Fsp3) is 0.333. The molecular formula is C12H15ClN4O. The molecule has 0 aliphatic rings. The molecule has 1 aromatic heterocycles. The maximum Gasteiger partial charge on any atom is 0.102 e. The molecule has 0 unspecified atom stereocenters. The Bertz CT molecular complexity index is 527. The first kappa shape index (κ1) is 12.9. The number of aliphatic hydroxyl groups excluding tert-OH is 1. The van der Waals surface area contributed by atoms with Crippen molar-refractivity contribution in [3.05, 3.63) is 40.7 Å². The predicted molar refractivity (Wildman–Crippen MR) is 70.6 cm³/mol. The Morgan fingerprint density at radius 3 is 3.06 bits per heavy atom. The summed E-state index contributed by atoms with van der Waals surface area (Å²) in [7, 11) is 0. The summed E-state index contributed by atoms with van der Waals surface area (Å²) in [6.45, 7) is 3.08. The van der Waals surface area contributed by atoms with Gasteiger partial charge in [0, 0.05) is 0 Å². The average molecular weight is 267 g/mol. The number of nitrogens with zero attached hydrogens (tertiary/aromatic N) is 3. The highest BCUT2D eigenvalue weighted by molar-refractivity contribution is 6.33. The van der Waals surface area contributed by atoms with Crippen molar-refractivity contribution in [1.82, 2.24) is 15.0 Å². The lowest BCUT2D eigenvalue weighted by Crippen LogP contribution is -2.02. The highest BCUT2D eigenvalue weighted by Gasteiger charge is 2.03. The summed E-state index contributed by atoms with van der Waals surface area (Å²) in [5, 5.41) is 20.6. The third kappa shape index (κ3) is 3.21. The largest absolute Gasteiger partial charge is 0.394 e. The van der Waals surface area contributed by atoms with Gasteiger partial charge in [-0.25, -0.2) is 4.68 Å². The van der Waals surface area contributed by atoms with Gasteiger partial charge in [0.05, 0.1) is 36.6 Å². The van der Waals surface area contributed by atoms with E-state index in [1.807, 2.05) is 25.1 Å². The minimum Gasteiger partial charge on any atom is -0.394 e. The summed E-state index contributed by atoms with van der Waals surface area (Å²) in [4.78, 5) is 0. The number of nitrogens with one attached hydrogen (secondary N) is 1.